The summed E-state index contributed by atoms with van der Waals surface area (Å²) in [6.45, 7) is 12.3. The molecule has 7 heterocycles. The number of ether oxygens (including phenoxy) is 7. The van der Waals surface area contributed by atoms with Gasteiger partial charge < -0.3 is 58.7 Å². The third-order valence-electron chi connectivity index (χ3n) is 13.6. The van der Waals surface area contributed by atoms with Crippen molar-refractivity contribution < 1.29 is 63.5 Å². The van der Waals surface area contributed by atoms with Crippen LogP contribution >= 0.6 is 0 Å². The minimum absolute atomic E-state index is 0.00993. The number of rotatable bonds is 10. The van der Waals surface area contributed by atoms with Gasteiger partial charge in [-0.2, -0.15) is 0 Å². The maximum absolute atomic E-state index is 11.6. The molecule has 4 unspecified atom stereocenters. The summed E-state index contributed by atoms with van der Waals surface area (Å²) in [5.41, 5.74) is -0.548. The number of hydrogen-bond donors (Lipinski definition) is 5. The molecule has 5 N–H and O–H groups in total. The summed E-state index contributed by atoms with van der Waals surface area (Å²) in [5.74, 6) is -4.11. The van der Waals surface area contributed by atoms with Crippen LogP contribution in [0.4, 0.5) is 0 Å². The van der Waals surface area contributed by atoms with E-state index >= 15 is 0 Å². The van der Waals surface area contributed by atoms with Gasteiger partial charge in [0.2, 0.25) is 5.79 Å². The number of aliphatic carboxylic acids is 1. The molecule has 13 heteroatoms. The van der Waals surface area contributed by atoms with Crippen molar-refractivity contribution in [1.82, 2.24) is 0 Å². The SMILES string of the molecule is C=C1[C@@H](O)[C@@H]2O[C@@]3(CCC2O[C@@H]1C(O)C[C@H](C)C1CCC[C@]2(CCCCO2)O1)CC[C@H](/C=C/[C@@H](C)[C@@H]1CC(C)=C[C@@]2(O[C@H](CC(C)(O)C(=O)O)CC[C@H]2O)O1)O3. The average Bonchev–Trinajstić information content (AvgIpc) is 3.55. The number of aliphatic hydroxyl groups excluding tert-OH is 3. The van der Waals surface area contributed by atoms with E-state index in [9.17, 15) is 30.3 Å². The standard InChI is InChI=1S/C43H66O13/c1-25-21-34(55-43(23-25)35(45)13-12-30(53-43)24-40(5,49)39(47)48)26(2)10-11-29-14-18-42(52-29)19-15-33-38(56-42)36(46)28(4)37(51-33)31(44)22-27(3)32-9-8-17-41(54-32)16-6-7-20-50-41/h10-11,23,26-27,29-38,44-46,49H,4,6-9,12-22,24H2,1-3,5H3,(H,47,48)/b11-10+/t26-,27+,29+,30+,31?,32?,33?,34+,35-,36-,37+,38-,40?,41+,42-,43-/m1/s1. The van der Waals surface area contributed by atoms with Gasteiger partial charge in [0.05, 0.1) is 43.2 Å². The van der Waals surface area contributed by atoms with Crippen LogP contribution in [0.25, 0.3) is 0 Å². The lowest BCUT2D eigenvalue weighted by Crippen LogP contribution is -2.60. The lowest BCUT2D eigenvalue weighted by atomic mass is 9.82. The maximum Gasteiger partial charge on any atom is 0.335 e. The number of hydrogen-bond acceptors (Lipinski definition) is 12. The smallest absolute Gasteiger partial charge is 0.335 e. The van der Waals surface area contributed by atoms with Gasteiger partial charge in [-0.3, -0.25) is 0 Å². The summed E-state index contributed by atoms with van der Waals surface area (Å²) in [5, 5.41) is 53.9. The predicted octanol–water partition coefficient (Wildman–Crippen LogP) is 4.97. The Hall–Kier alpha value is -1.75. The predicted molar refractivity (Wildman–Crippen MR) is 203 cm³/mol. The van der Waals surface area contributed by atoms with Gasteiger partial charge in [0.25, 0.3) is 0 Å². The van der Waals surface area contributed by atoms with Gasteiger partial charge in [0.1, 0.15) is 24.4 Å². The monoisotopic (exact) mass is 790 g/mol. The normalized spacial score (nSPS) is 44.7. The van der Waals surface area contributed by atoms with Crippen molar-refractivity contribution >= 4 is 5.97 Å². The second kappa shape index (κ2) is 16.7. The van der Waals surface area contributed by atoms with Crippen LogP contribution in [0.5, 0.6) is 0 Å². The molecule has 0 aromatic rings. The Morgan fingerprint density at radius 3 is 2.48 bits per heavy atom. The Morgan fingerprint density at radius 1 is 0.964 bits per heavy atom. The van der Waals surface area contributed by atoms with Crippen LogP contribution < -0.4 is 0 Å². The fraction of sp³-hybridized carbons (Fsp3) is 0.837. The molecule has 3 spiro atoms. The zero-order chi connectivity index (χ0) is 40.0. The zero-order valence-electron chi connectivity index (χ0n) is 33.7. The first-order chi connectivity index (χ1) is 26.5. The molecule has 13 nitrogen and oxygen atoms in total. The molecule has 6 fully saturated rings. The summed E-state index contributed by atoms with van der Waals surface area (Å²) in [4.78, 5) is 11.6. The molecule has 0 radical (unpaired) electrons. The number of carboxylic acid groups (broad SMARTS) is 1. The third-order valence-corrected chi connectivity index (χ3v) is 13.6. The minimum atomic E-state index is -1.96. The van der Waals surface area contributed by atoms with Crippen molar-refractivity contribution in [2.45, 2.75) is 208 Å². The van der Waals surface area contributed by atoms with Crippen molar-refractivity contribution in [3.05, 3.63) is 36.0 Å². The molecule has 16 atom stereocenters. The molecule has 0 aromatic carbocycles. The first-order valence-corrected chi connectivity index (χ1v) is 21.3. The highest BCUT2D eigenvalue weighted by Crippen LogP contribution is 2.47. The summed E-state index contributed by atoms with van der Waals surface area (Å²) < 4.78 is 45.0. The second-order valence-corrected chi connectivity index (χ2v) is 18.3. The Morgan fingerprint density at radius 2 is 1.73 bits per heavy atom. The largest absolute Gasteiger partial charge is 0.479 e. The highest BCUT2D eigenvalue weighted by atomic mass is 16.7. The van der Waals surface area contributed by atoms with Gasteiger partial charge in [-0.05, 0) is 95.6 Å². The van der Waals surface area contributed by atoms with E-state index in [0.717, 1.165) is 57.1 Å². The first-order valence-electron chi connectivity index (χ1n) is 21.3. The van der Waals surface area contributed by atoms with Crippen LogP contribution in [0.2, 0.25) is 0 Å². The van der Waals surface area contributed by atoms with E-state index in [1.54, 1.807) is 6.08 Å². The minimum Gasteiger partial charge on any atom is -0.479 e. The molecule has 7 aliphatic rings. The Kier molecular flexibility index (Phi) is 12.7. The molecule has 0 amide bonds. The molecule has 0 saturated carbocycles. The summed E-state index contributed by atoms with van der Waals surface area (Å²) >= 11 is 0. The van der Waals surface area contributed by atoms with Gasteiger partial charge in [-0.1, -0.05) is 38.2 Å². The zero-order valence-corrected chi connectivity index (χ0v) is 33.7. The van der Waals surface area contributed by atoms with E-state index < -0.39 is 71.7 Å². The van der Waals surface area contributed by atoms with Gasteiger partial charge >= 0.3 is 5.97 Å². The van der Waals surface area contributed by atoms with Crippen molar-refractivity contribution in [2.24, 2.45) is 11.8 Å². The highest BCUT2D eigenvalue weighted by molar-refractivity contribution is 5.76. The van der Waals surface area contributed by atoms with Crippen LogP contribution in [-0.2, 0) is 38.0 Å². The van der Waals surface area contributed by atoms with E-state index in [-0.39, 0.29) is 36.6 Å². The van der Waals surface area contributed by atoms with Crippen molar-refractivity contribution in [1.29, 1.82) is 0 Å². The van der Waals surface area contributed by atoms with Crippen LogP contribution in [0.3, 0.4) is 0 Å². The van der Waals surface area contributed by atoms with Gasteiger partial charge in [0, 0.05) is 38.0 Å². The molecule has 316 valence electrons. The number of carboxylic acids is 1. The Labute approximate surface area is 331 Å². The molecule has 7 rings (SSSR count). The molecular formula is C43H66O13. The molecule has 0 aromatic heterocycles. The lowest BCUT2D eigenvalue weighted by Gasteiger charge is -2.50. The molecule has 7 aliphatic heterocycles. The Bertz CT molecular complexity index is 1470. The van der Waals surface area contributed by atoms with Crippen molar-refractivity contribution in [3.8, 4) is 0 Å². The maximum atomic E-state index is 11.6. The fourth-order valence-electron chi connectivity index (χ4n) is 10.2. The molecule has 56 heavy (non-hydrogen) atoms. The van der Waals surface area contributed by atoms with E-state index in [0.29, 0.717) is 50.5 Å². The summed E-state index contributed by atoms with van der Waals surface area (Å²) in [6.07, 6.45) is 10.4. The third kappa shape index (κ3) is 8.89. The molecular weight excluding hydrogens is 724 g/mol. The van der Waals surface area contributed by atoms with Crippen LogP contribution in [0.1, 0.15) is 124 Å². The summed E-state index contributed by atoms with van der Waals surface area (Å²) in [7, 11) is 0. The summed E-state index contributed by atoms with van der Waals surface area (Å²) in [6, 6.07) is 0. The van der Waals surface area contributed by atoms with E-state index in [1.807, 2.05) is 19.9 Å². The van der Waals surface area contributed by atoms with Crippen LogP contribution in [0, 0.1) is 11.8 Å². The van der Waals surface area contributed by atoms with E-state index in [2.05, 4.69) is 19.6 Å². The fourth-order valence-corrected chi connectivity index (χ4v) is 10.2. The Balaban J connectivity index is 0.915. The van der Waals surface area contributed by atoms with Crippen molar-refractivity contribution in [2.75, 3.05) is 6.61 Å². The van der Waals surface area contributed by atoms with Crippen LogP contribution in [0.15, 0.2) is 36.0 Å². The number of fused-ring (bicyclic) bond motifs is 1. The number of aliphatic hydroxyl groups is 4. The van der Waals surface area contributed by atoms with Crippen LogP contribution in [-0.4, -0.2) is 122 Å². The van der Waals surface area contributed by atoms with E-state index in [1.165, 1.54) is 6.92 Å². The van der Waals surface area contributed by atoms with Gasteiger partial charge in [-0.25, -0.2) is 4.79 Å². The molecule has 0 aliphatic carbocycles. The van der Waals surface area contributed by atoms with Crippen molar-refractivity contribution in [3.63, 3.8) is 0 Å². The number of carbonyl (C=O) groups is 1. The lowest BCUT2D eigenvalue weighted by molar-refractivity contribution is -0.320. The molecule has 6 saturated heterocycles. The second-order valence-electron chi connectivity index (χ2n) is 18.3. The van der Waals surface area contributed by atoms with Gasteiger partial charge in [0.15, 0.2) is 17.2 Å². The average molecular weight is 791 g/mol. The van der Waals surface area contributed by atoms with E-state index in [4.69, 9.17) is 33.2 Å². The quantitative estimate of drug-likeness (QED) is 0.187. The highest BCUT2D eigenvalue weighted by Gasteiger charge is 2.54. The topological polar surface area (TPSA) is 183 Å². The molecule has 0 bridgehead atoms. The first kappa shape index (κ1) is 42.4. The van der Waals surface area contributed by atoms with Gasteiger partial charge in [-0.15, -0.1) is 0 Å².